The van der Waals surface area contributed by atoms with Gasteiger partial charge in [0.25, 0.3) is 0 Å². The molecule has 0 saturated carbocycles. The highest BCUT2D eigenvalue weighted by Crippen LogP contribution is 2.31. The van der Waals surface area contributed by atoms with Crippen LogP contribution >= 0.6 is 0 Å². The fourth-order valence-electron chi connectivity index (χ4n) is 1.98. The van der Waals surface area contributed by atoms with E-state index in [1.165, 1.54) is 6.07 Å². The fourth-order valence-corrected chi connectivity index (χ4v) is 1.98. The van der Waals surface area contributed by atoms with Gasteiger partial charge < -0.3 is 10.6 Å². The van der Waals surface area contributed by atoms with Gasteiger partial charge in [0.05, 0.1) is 5.56 Å². The molecular formula is C15H21F3N2O. The van der Waals surface area contributed by atoms with E-state index in [2.05, 4.69) is 10.6 Å². The van der Waals surface area contributed by atoms with Crippen molar-refractivity contribution < 1.29 is 18.0 Å². The number of benzene rings is 1. The molecule has 0 aliphatic carbocycles. The lowest BCUT2D eigenvalue weighted by Crippen LogP contribution is -2.27. The quantitative estimate of drug-likeness (QED) is 0.760. The highest BCUT2D eigenvalue weighted by atomic mass is 19.4. The molecule has 1 unspecified atom stereocenters. The predicted octanol–water partition coefficient (Wildman–Crippen LogP) is 2.92. The number of alkyl halides is 3. The molecule has 1 atom stereocenters. The van der Waals surface area contributed by atoms with Crippen molar-refractivity contribution in [2.24, 2.45) is 0 Å². The number of halogens is 3. The third-order valence-corrected chi connectivity index (χ3v) is 3.20. The maximum absolute atomic E-state index is 12.6. The lowest BCUT2D eigenvalue weighted by atomic mass is 9.95. The summed E-state index contributed by atoms with van der Waals surface area (Å²) in [5.41, 5.74) is -0.156. The highest BCUT2D eigenvalue weighted by molar-refractivity contribution is 5.76. The van der Waals surface area contributed by atoms with E-state index in [1.807, 2.05) is 7.05 Å². The van der Waals surface area contributed by atoms with Crippen LogP contribution in [0.15, 0.2) is 24.3 Å². The van der Waals surface area contributed by atoms with Gasteiger partial charge in [-0.1, -0.05) is 25.1 Å². The van der Waals surface area contributed by atoms with Crippen molar-refractivity contribution in [3.05, 3.63) is 35.4 Å². The number of hydrogen-bond donors (Lipinski definition) is 2. The van der Waals surface area contributed by atoms with Gasteiger partial charge >= 0.3 is 6.18 Å². The maximum Gasteiger partial charge on any atom is 0.416 e. The first kappa shape index (κ1) is 17.5. The Balaban J connectivity index is 2.55. The molecule has 0 saturated heterocycles. The van der Waals surface area contributed by atoms with Crippen molar-refractivity contribution in [1.82, 2.24) is 10.6 Å². The molecule has 0 bridgehead atoms. The first-order valence-corrected chi connectivity index (χ1v) is 6.93. The number of rotatable bonds is 7. The molecule has 6 heteroatoms. The van der Waals surface area contributed by atoms with Gasteiger partial charge in [-0.15, -0.1) is 0 Å². The Morgan fingerprint density at radius 3 is 2.62 bits per heavy atom. The van der Waals surface area contributed by atoms with Crippen molar-refractivity contribution in [2.75, 3.05) is 20.1 Å². The highest BCUT2D eigenvalue weighted by Gasteiger charge is 2.30. The SMILES string of the molecule is CNCCCNC(=O)CC(C)c1cccc(C(F)(F)F)c1. The second-order valence-corrected chi connectivity index (χ2v) is 5.04. The molecule has 1 aromatic rings. The van der Waals surface area contributed by atoms with E-state index < -0.39 is 11.7 Å². The van der Waals surface area contributed by atoms with Gasteiger partial charge in [0.1, 0.15) is 0 Å². The minimum atomic E-state index is -4.36. The smallest absolute Gasteiger partial charge is 0.356 e. The molecule has 2 N–H and O–H groups in total. The van der Waals surface area contributed by atoms with Crippen LogP contribution < -0.4 is 10.6 Å². The summed E-state index contributed by atoms with van der Waals surface area (Å²) in [6.07, 6.45) is -3.35. The topological polar surface area (TPSA) is 41.1 Å². The van der Waals surface area contributed by atoms with Crippen LogP contribution in [0.25, 0.3) is 0 Å². The van der Waals surface area contributed by atoms with E-state index >= 15 is 0 Å². The number of carbonyl (C=O) groups excluding carboxylic acids is 1. The zero-order valence-electron chi connectivity index (χ0n) is 12.3. The van der Waals surface area contributed by atoms with Gasteiger partial charge in [0, 0.05) is 13.0 Å². The molecule has 0 aliphatic rings. The molecule has 0 spiro atoms. The Morgan fingerprint density at radius 1 is 1.29 bits per heavy atom. The number of nitrogens with one attached hydrogen (secondary N) is 2. The number of carbonyl (C=O) groups is 1. The molecule has 0 aliphatic heterocycles. The normalized spacial score (nSPS) is 13.0. The Morgan fingerprint density at radius 2 is 2.00 bits per heavy atom. The Bertz CT molecular complexity index is 460. The Hall–Kier alpha value is -1.56. The van der Waals surface area contributed by atoms with Gasteiger partial charge in [-0.25, -0.2) is 0 Å². The first-order valence-electron chi connectivity index (χ1n) is 6.93. The predicted molar refractivity (Wildman–Crippen MR) is 76.0 cm³/mol. The Kier molecular flexibility index (Phi) is 6.68. The zero-order chi connectivity index (χ0) is 15.9. The molecule has 0 radical (unpaired) electrons. The largest absolute Gasteiger partial charge is 0.416 e. The molecule has 1 rings (SSSR count). The summed E-state index contributed by atoms with van der Waals surface area (Å²) in [5.74, 6) is -0.396. The monoisotopic (exact) mass is 302 g/mol. The van der Waals surface area contributed by atoms with E-state index in [0.717, 1.165) is 25.1 Å². The van der Waals surface area contributed by atoms with Crippen molar-refractivity contribution in [3.8, 4) is 0 Å². The van der Waals surface area contributed by atoms with Crippen molar-refractivity contribution in [3.63, 3.8) is 0 Å². The molecular weight excluding hydrogens is 281 g/mol. The molecule has 0 heterocycles. The van der Waals surface area contributed by atoms with Crippen LogP contribution in [0.3, 0.4) is 0 Å². The average molecular weight is 302 g/mol. The van der Waals surface area contributed by atoms with Gasteiger partial charge in [0.2, 0.25) is 5.91 Å². The maximum atomic E-state index is 12.6. The van der Waals surface area contributed by atoms with Gasteiger partial charge in [-0.3, -0.25) is 4.79 Å². The van der Waals surface area contributed by atoms with Gasteiger partial charge in [-0.05, 0) is 37.6 Å². The van der Waals surface area contributed by atoms with Crippen LogP contribution in [-0.4, -0.2) is 26.0 Å². The van der Waals surface area contributed by atoms with E-state index in [-0.39, 0.29) is 18.2 Å². The molecule has 1 amide bonds. The van der Waals surface area contributed by atoms with E-state index in [4.69, 9.17) is 0 Å². The molecule has 0 aromatic heterocycles. The Labute approximate surface area is 122 Å². The van der Waals surface area contributed by atoms with Crippen LogP contribution in [-0.2, 0) is 11.0 Å². The van der Waals surface area contributed by atoms with Crippen molar-refractivity contribution in [1.29, 1.82) is 0 Å². The van der Waals surface area contributed by atoms with Crippen molar-refractivity contribution >= 4 is 5.91 Å². The third kappa shape index (κ3) is 6.16. The summed E-state index contributed by atoms with van der Waals surface area (Å²) in [5, 5.41) is 5.73. The minimum Gasteiger partial charge on any atom is -0.356 e. The number of hydrogen-bond acceptors (Lipinski definition) is 2. The summed E-state index contributed by atoms with van der Waals surface area (Å²) < 4.78 is 37.9. The minimum absolute atomic E-state index is 0.143. The van der Waals surface area contributed by atoms with Crippen LogP contribution in [0.4, 0.5) is 13.2 Å². The second kappa shape index (κ2) is 8.02. The first-order chi connectivity index (χ1) is 9.84. The molecule has 3 nitrogen and oxygen atoms in total. The molecule has 1 aromatic carbocycles. The molecule has 21 heavy (non-hydrogen) atoms. The van der Waals surface area contributed by atoms with Crippen LogP contribution in [0.5, 0.6) is 0 Å². The standard InChI is InChI=1S/C15H21F3N2O/c1-11(9-14(21)20-8-4-7-19-2)12-5-3-6-13(10-12)15(16,17)18/h3,5-6,10-11,19H,4,7-9H2,1-2H3,(H,20,21). The summed E-state index contributed by atoms with van der Waals surface area (Å²) in [6, 6.07) is 5.14. The van der Waals surface area contributed by atoms with Crippen LogP contribution in [0.2, 0.25) is 0 Å². The third-order valence-electron chi connectivity index (χ3n) is 3.20. The molecule has 118 valence electrons. The fraction of sp³-hybridized carbons (Fsp3) is 0.533. The van der Waals surface area contributed by atoms with Crippen LogP contribution in [0, 0.1) is 0 Å². The molecule has 0 fully saturated rings. The van der Waals surface area contributed by atoms with Crippen LogP contribution in [0.1, 0.15) is 36.8 Å². The average Bonchev–Trinajstić information content (AvgIpc) is 2.43. The van der Waals surface area contributed by atoms with E-state index in [9.17, 15) is 18.0 Å². The van der Waals surface area contributed by atoms with E-state index in [1.54, 1.807) is 13.0 Å². The van der Waals surface area contributed by atoms with E-state index in [0.29, 0.717) is 12.1 Å². The summed E-state index contributed by atoms with van der Waals surface area (Å²) in [7, 11) is 1.83. The van der Waals surface area contributed by atoms with Crippen molar-refractivity contribution in [2.45, 2.75) is 31.9 Å². The summed E-state index contributed by atoms with van der Waals surface area (Å²) in [4.78, 5) is 11.7. The lowest BCUT2D eigenvalue weighted by molar-refractivity contribution is -0.137. The second-order valence-electron chi connectivity index (χ2n) is 5.04. The lowest BCUT2D eigenvalue weighted by Gasteiger charge is -2.14. The zero-order valence-corrected chi connectivity index (χ0v) is 12.3. The number of amides is 1. The summed E-state index contributed by atoms with van der Waals surface area (Å²) >= 11 is 0. The summed E-state index contributed by atoms with van der Waals surface area (Å²) in [6.45, 7) is 3.13. The van der Waals surface area contributed by atoms with Gasteiger partial charge in [0.15, 0.2) is 0 Å². The van der Waals surface area contributed by atoms with Gasteiger partial charge in [-0.2, -0.15) is 13.2 Å².